The molecule has 342 valence electrons. The molecule has 60 heavy (non-hydrogen) atoms. The average Bonchev–Trinajstić information content (AvgIpc) is 3.58. The van der Waals surface area contributed by atoms with Crippen LogP contribution in [0.2, 0.25) is 0 Å². The van der Waals surface area contributed by atoms with Crippen molar-refractivity contribution in [2.45, 2.75) is 240 Å². The highest BCUT2D eigenvalue weighted by Crippen LogP contribution is 2.41. The Morgan fingerprint density at radius 3 is 1.45 bits per heavy atom. The average molecular weight is 855 g/mol. The van der Waals surface area contributed by atoms with E-state index in [9.17, 15) is 19.2 Å². The summed E-state index contributed by atoms with van der Waals surface area (Å²) in [7, 11) is 0. The predicted molar refractivity (Wildman–Crippen MR) is 252 cm³/mol. The highest BCUT2D eigenvalue weighted by Gasteiger charge is 2.37. The summed E-state index contributed by atoms with van der Waals surface area (Å²) in [6.45, 7) is 12.6. The molecule has 0 saturated carbocycles. The molecule has 8 nitrogen and oxygen atoms in total. The van der Waals surface area contributed by atoms with E-state index in [1.165, 1.54) is 106 Å². The molecule has 1 aromatic rings. The summed E-state index contributed by atoms with van der Waals surface area (Å²) in [4.78, 5) is 58.6. The lowest BCUT2D eigenvalue weighted by Crippen LogP contribution is -2.39. The third kappa shape index (κ3) is 22.8. The van der Waals surface area contributed by atoms with Gasteiger partial charge < -0.3 is 14.4 Å². The number of amides is 3. The van der Waals surface area contributed by atoms with Crippen LogP contribution in [0.4, 0.5) is 9.80 Å². The third-order valence-corrected chi connectivity index (χ3v) is 12.4. The van der Waals surface area contributed by atoms with E-state index in [1.807, 2.05) is 20.8 Å². The summed E-state index contributed by atoms with van der Waals surface area (Å²) >= 11 is 1.27. The Morgan fingerprint density at radius 2 is 1.03 bits per heavy atom. The van der Waals surface area contributed by atoms with Crippen LogP contribution < -0.4 is 4.90 Å². The molecule has 1 aromatic heterocycles. The lowest BCUT2D eigenvalue weighted by atomic mass is 10.0. The van der Waals surface area contributed by atoms with Crippen molar-refractivity contribution in [1.82, 2.24) is 4.90 Å². The highest BCUT2D eigenvalue weighted by molar-refractivity contribution is 7.17. The lowest BCUT2D eigenvalue weighted by Gasteiger charge is -2.30. The molecule has 0 saturated heterocycles. The number of allylic oxidation sites excluding steroid dienone is 4. The van der Waals surface area contributed by atoms with Crippen molar-refractivity contribution in [3.05, 3.63) is 40.3 Å². The molecule has 0 radical (unpaired) electrons. The standard InChI is InChI=1S/C51H86N2O6S/c1-7-10-12-14-16-18-20-22-24-26-28-30-32-34-36-38-45(54)53(46(55)39-37-35-33-31-29-27-25-23-21-19-17-15-13-11-8-2)48-47(49(56)58-9-3)43-40-41-52(42-44(43)60-48)50(57)59-51(4,5)6/h22-25H,7-21,26-42H2,1-6H3/b24-22-,25-23-. The number of hydrogen-bond donors (Lipinski definition) is 0. The van der Waals surface area contributed by atoms with Crippen LogP contribution >= 0.6 is 11.3 Å². The van der Waals surface area contributed by atoms with Gasteiger partial charge in [-0.2, -0.15) is 0 Å². The summed E-state index contributed by atoms with van der Waals surface area (Å²) < 4.78 is 11.2. The van der Waals surface area contributed by atoms with Gasteiger partial charge in [-0.15, -0.1) is 11.3 Å². The van der Waals surface area contributed by atoms with Crippen LogP contribution in [0, 0.1) is 0 Å². The Balaban J connectivity index is 2.01. The van der Waals surface area contributed by atoms with Crippen molar-refractivity contribution < 1.29 is 28.7 Å². The molecule has 0 fully saturated rings. The Bertz CT molecular complexity index is 1360. The molecule has 0 N–H and O–H groups in total. The third-order valence-electron chi connectivity index (χ3n) is 11.2. The van der Waals surface area contributed by atoms with Gasteiger partial charge in [-0.1, -0.05) is 141 Å². The molecule has 0 unspecified atom stereocenters. The number of nitrogens with zero attached hydrogens (tertiary/aromatic N) is 2. The number of carbonyl (C=O) groups excluding carboxylic acids is 4. The summed E-state index contributed by atoms with van der Waals surface area (Å²) in [5.74, 6) is -1.06. The van der Waals surface area contributed by atoms with Crippen molar-refractivity contribution >= 4 is 40.2 Å². The van der Waals surface area contributed by atoms with E-state index >= 15 is 0 Å². The fraction of sp³-hybridized carbons (Fsp3) is 0.765. The van der Waals surface area contributed by atoms with Gasteiger partial charge in [0.1, 0.15) is 10.6 Å². The van der Waals surface area contributed by atoms with Gasteiger partial charge in [0.05, 0.1) is 18.7 Å². The number of ether oxygens (including phenoxy) is 2. The molecule has 3 amide bonds. The number of rotatable bonds is 33. The first-order chi connectivity index (χ1) is 29.0. The summed E-state index contributed by atoms with van der Waals surface area (Å²) in [6.07, 6.45) is 40.1. The van der Waals surface area contributed by atoms with Crippen LogP contribution in [-0.4, -0.2) is 47.5 Å². The van der Waals surface area contributed by atoms with E-state index < -0.39 is 17.7 Å². The van der Waals surface area contributed by atoms with E-state index in [4.69, 9.17) is 9.47 Å². The van der Waals surface area contributed by atoms with Gasteiger partial charge in [-0.05, 0) is 104 Å². The highest BCUT2D eigenvalue weighted by atomic mass is 32.1. The molecule has 2 heterocycles. The van der Waals surface area contributed by atoms with Crippen LogP contribution in [-0.2, 0) is 32.0 Å². The lowest BCUT2D eigenvalue weighted by molar-refractivity contribution is -0.126. The SMILES string of the molecule is CCCCCCCC/C=C\CCCCCCCC(=O)N(C(=O)CCCCCCC/C=C\CCCCCCCC)c1sc2c(c1C(=O)OCC)CCN(C(=O)OC(C)(C)C)C2. The monoisotopic (exact) mass is 855 g/mol. The first kappa shape index (κ1) is 53.2. The van der Waals surface area contributed by atoms with Crippen molar-refractivity contribution in [1.29, 1.82) is 0 Å². The maximum Gasteiger partial charge on any atom is 0.410 e. The molecule has 0 aliphatic carbocycles. The Labute approximate surface area is 370 Å². The smallest absolute Gasteiger partial charge is 0.410 e. The fourth-order valence-corrected chi connectivity index (χ4v) is 9.11. The molecule has 0 spiro atoms. The van der Waals surface area contributed by atoms with Gasteiger partial charge in [0, 0.05) is 24.3 Å². The molecule has 1 aliphatic heterocycles. The Hall–Kier alpha value is -2.94. The normalized spacial score (nSPS) is 13.0. The first-order valence-electron chi connectivity index (χ1n) is 24.5. The van der Waals surface area contributed by atoms with Gasteiger partial charge in [0.25, 0.3) is 0 Å². The minimum atomic E-state index is -0.641. The summed E-state index contributed by atoms with van der Waals surface area (Å²) in [6, 6.07) is 0. The van der Waals surface area contributed by atoms with Gasteiger partial charge in [0.15, 0.2) is 0 Å². The number of carbonyl (C=O) groups is 4. The maximum atomic E-state index is 14.1. The van der Waals surface area contributed by atoms with Gasteiger partial charge in [-0.3, -0.25) is 9.59 Å². The molecule has 2 rings (SSSR count). The van der Waals surface area contributed by atoms with Gasteiger partial charge >= 0.3 is 12.1 Å². The second-order valence-electron chi connectivity index (χ2n) is 17.8. The molecule has 0 bridgehead atoms. The van der Waals surface area contributed by atoms with Crippen molar-refractivity contribution in [2.24, 2.45) is 0 Å². The van der Waals surface area contributed by atoms with Gasteiger partial charge in [0.2, 0.25) is 11.8 Å². The van der Waals surface area contributed by atoms with Crippen molar-refractivity contribution in [2.75, 3.05) is 18.1 Å². The number of esters is 1. The minimum absolute atomic E-state index is 0.179. The van der Waals surface area contributed by atoms with E-state index in [0.29, 0.717) is 36.4 Å². The van der Waals surface area contributed by atoms with Gasteiger partial charge in [-0.25, -0.2) is 14.5 Å². The summed E-state index contributed by atoms with van der Waals surface area (Å²) in [5, 5.41) is 0.347. The molecule has 0 aromatic carbocycles. The number of fused-ring (bicyclic) bond motifs is 1. The minimum Gasteiger partial charge on any atom is -0.462 e. The Kier molecular flexibility index (Phi) is 29.0. The number of unbranched alkanes of at least 4 members (excludes halogenated alkanes) is 22. The zero-order chi connectivity index (χ0) is 43.9. The predicted octanol–water partition coefficient (Wildman–Crippen LogP) is 15.2. The molecule has 1 aliphatic rings. The van der Waals surface area contributed by atoms with Crippen LogP contribution in [0.1, 0.15) is 242 Å². The molecule has 0 atom stereocenters. The molecular weight excluding hydrogens is 769 g/mol. The van der Waals surface area contributed by atoms with E-state index in [1.54, 1.807) is 11.8 Å². The van der Waals surface area contributed by atoms with Crippen molar-refractivity contribution in [3.8, 4) is 0 Å². The van der Waals surface area contributed by atoms with Crippen LogP contribution in [0.15, 0.2) is 24.3 Å². The zero-order valence-corrected chi connectivity index (χ0v) is 40.0. The topological polar surface area (TPSA) is 93.2 Å². The quantitative estimate of drug-likeness (QED) is 0.0397. The first-order valence-corrected chi connectivity index (χ1v) is 25.3. The molecule has 9 heteroatoms. The Morgan fingerprint density at radius 1 is 0.617 bits per heavy atom. The number of thiophene rings is 1. The second-order valence-corrected chi connectivity index (χ2v) is 18.9. The largest absolute Gasteiger partial charge is 0.462 e. The maximum absolute atomic E-state index is 14.1. The van der Waals surface area contributed by atoms with Crippen LogP contribution in [0.3, 0.4) is 0 Å². The molecular formula is C51H86N2O6S. The summed E-state index contributed by atoms with van der Waals surface area (Å²) in [5.41, 5.74) is 0.426. The van der Waals surface area contributed by atoms with E-state index in [-0.39, 0.29) is 37.8 Å². The number of hydrogen-bond acceptors (Lipinski definition) is 7. The number of imide groups is 1. The number of anilines is 1. The van der Waals surface area contributed by atoms with E-state index in [0.717, 1.165) is 74.6 Å². The fourth-order valence-electron chi connectivity index (χ4n) is 7.73. The van der Waals surface area contributed by atoms with Crippen molar-refractivity contribution in [3.63, 3.8) is 0 Å². The zero-order valence-electron chi connectivity index (χ0n) is 39.2. The van der Waals surface area contributed by atoms with Crippen LogP contribution in [0.5, 0.6) is 0 Å². The van der Waals surface area contributed by atoms with Crippen LogP contribution in [0.25, 0.3) is 0 Å². The van der Waals surface area contributed by atoms with E-state index in [2.05, 4.69) is 38.2 Å². The second kappa shape index (κ2) is 32.7.